The molecule has 0 aliphatic heterocycles. The van der Waals surface area contributed by atoms with Crippen LogP contribution in [0.25, 0.3) is 0 Å². The van der Waals surface area contributed by atoms with Crippen LogP contribution < -0.4 is 5.32 Å². The zero-order chi connectivity index (χ0) is 11.9. The molecule has 0 aromatic carbocycles. The van der Waals surface area contributed by atoms with Gasteiger partial charge in [0.05, 0.1) is 6.10 Å². The minimum Gasteiger partial charge on any atom is -0.381 e. The second-order valence-electron chi connectivity index (χ2n) is 5.96. The van der Waals surface area contributed by atoms with Crippen molar-refractivity contribution in [3.05, 3.63) is 0 Å². The number of rotatable bonds is 5. The second kappa shape index (κ2) is 7.38. The van der Waals surface area contributed by atoms with E-state index in [0.29, 0.717) is 6.10 Å². The molecule has 0 heterocycles. The van der Waals surface area contributed by atoms with Gasteiger partial charge in [0.15, 0.2) is 0 Å². The summed E-state index contributed by atoms with van der Waals surface area (Å²) in [5, 5.41) is 3.76. The molecule has 0 spiro atoms. The molecule has 2 rings (SSSR count). The Hall–Kier alpha value is -0.0800. The van der Waals surface area contributed by atoms with Crippen LogP contribution in [0.1, 0.15) is 64.2 Å². The molecule has 1 N–H and O–H groups in total. The lowest BCUT2D eigenvalue weighted by atomic mass is 9.86. The maximum Gasteiger partial charge on any atom is 0.0572 e. The van der Waals surface area contributed by atoms with Crippen LogP contribution >= 0.6 is 0 Å². The van der Waals surface area contributed by atoms with Crippen molar-refractivity contribution in [2.75, 3.05) is 13.7 Å². The summed E-state index contributed by atoms with van der Waals surface area (Å²) in [4.78, 5) is 0. The summed E-state index contributed by atoms with van der Waals surface area (Å²) in [7, 11) is 1.85. The molecule has 0 amide bonds. The van der Waals surface area contributed by atoms with E-state index in [9.17, 15) is 0 Å². The molecule has 2 heteroatoms. The third-order valence-electron chi connectivity index (χ3n) is 4.72. The Morgan fingerprint density at radius 1 is 0.941 bits per heavy atom. The average molecular weight is 239 g/mol. The Bertz CT molecular complexity index is 193. The van der Waals surface area contributed by atoms with Crippen LogP contribution in [-0.4, -0.2) is 25.8 Å². The molecule has 0 bridgehead atoms. The van der Waals surface area contributed by atoms with Gasteiger partial charge in [-0.25, -0.2) is 0 Å². The first kappa shape index (κ1) is 13.4. The van der Waals surface area contributed by atoms with E-state index in [4.69, 9.17) is 4.74 Å². The van der Waals surface area contributed by atoms with E-state index in [1.54, 1.807) is 0 Å². The summed E-state index contributed by atoms with van der Waals surface area (Å²) in [5.41, 5.74) is 0. The van der Waals surface area contributed by atoms with Gasteiger partial charge in [0.2, 0.25) is 0 Å². The Morgan fingerprint density at radius 2 is 1.65 bits per heavy atom. The normalized spacial score (nSPS) is 31.6. The van der Waals surface area contributed by atoms with Crippen molar-refractivity contribution in [3.8, 4) is 0 Å². The van der Waals surface area contributed by atoms with E-state index in [-0.39, 0.29) is 0 Å². The van der Waals surface area contributed by atoms with Gasteiger partial charge in [0.25, 0.3) is 0 Å². The second-order valence-corrected chi connectivity index (χ2v) is 5.96. The third-order valence-corrected chi connectivity index (χ3v) is 4.72. The molecule has 2 saturated carbocycles. The van der Waals surface area contributed by atoms with Crippen LogP contribution in [0.15, 0.2) is 0 Å². The maximum absolute atomic E-state index is 5.41. The molecule has 0 aromatic rings. The van der Waals surface area contributed by atoms with E-state index < -0.39 is 0 Å². The number of hydrogen-bond donors (Lipinski definition) is 1. The van der Waals surface area contributed by atoms with Crippen molar-refractivity contribution in [1.29, 1.82) is 0 Å². The summed E-state index contributed by atoms with van der Waals surface area (Å²) >= 11 is 0. The largest absolute Gasteiger partial charge is 0.381 e. The maximum atomic E-state index is 5.41. The predicted octanol–water partition coefficient (Wildman–Crippen LogP) is 3.50. The fourth-order valence-electron chi connectivity index (χ4n) is 3.47. The summed E-state index contributed by atoms with van der Waals surface area (Å²) in [5.74, 6) is 1.02. The molecule has 17 heavy (non-hydrogen) atoms. The fourth-order valence-corrected chi connectivity index (χ4v) is 3.47. The van der Waals surface area contributed by atoms with E-state index in [1.807, 2.05) is 7.11 Å². The van der Waals surface area contributed by atoms with Crippen molar-refractivity contribution in [2.24, 2.45) is 5.92 Å². The molecule has 2 fully saturated rings. The lowest BCUT2D eigenvalue weighted by Crippen LogP contribution is -2.36. The van der Waals surface area contributed by atoms with Gasteiger partial charge in [0.1, 0.15) is 0 Å². The lowest BCUT2D eigenvalue weighted by Gasteiger charge is -2.29. The standard InChI is InChI=1S/C15H29NO/c1-17-15-9-7-14(8-10-15)16-12-11-13-5-3-2-4-6-13/h13-16H,2-12H2,1H3. The summed E-state index contributed by atoms with van der Waals surface area (Å²) in [6.07, 6.45) is 14.5. The first-order chi connectivity index (χ1) is 8.38. The number of hydrogen-bond acceptors (Lipinski definition) is 2. The Kier molecular flexibility index (Phi) is 5.79. The highest BCUT2D eigenvalue weighted by Gasteiger charge is 2.20. The minimum absolute atomic E-state index is 0.534. The van der Waals surface area contributed by atoms with E-state index >= 15 is 0 Å². The van der Waals surface area contributed by atoms with Crippen LogP contribution in [0.5, 0.6) is 0 Å². The summed E-state index contributed by atoms with van der Waals surface area (Å²) in [6, 6.07) is 0.769. The molecule has 100 valence electrons. The SMILES string of the molecule is COC1CCC(NCCC2CCCCC2)CC1. The molecule has 0 atom stereocenters. The van der Waals surface area contributed by atoms with E-state index in [0.717, 1.165) is 12.0 Å². The number of nitrogens with one attached hydrogen (secondary N) is 1. The van der Waals surface area contributed by atoms with E-state index in [1.165, 1.54) is 70.8 Å². The van der Waals surface area contributed by atoms with Crippen molar-refractivity contribution < 1.29 is 4.74 Å². The Morgan fingerprint density at radius 3 is 2.29 bits per heavy atom. The van der Waals surface area contributed by atoms with Crippen LogP contribution in [0.2, 0.25) is 0 Å². The molecule has 0 unspecified atom stereocenters. The minimum atomic E-state index is 0.534. The Balaban J connectivity index is 1.53. The molecule has 2 aliphatic rings. The third kappa shape index (κ3) is 4.59. The van der Waals surface area contributed by atoms with Gasteiger partial charge in [-0.2, -0.15) is 0 Å². The Labute approximate surface area is 107 Å². The first-order valence-corrected chi connectivity index (χ1v) is 7.64. The number of ether oxygens (including phenoxy) is 1. The van der Waals surface area contributed by atoms with Crippen molar-refractivity contribution in [3.63, 3.8) is 0 Å². The first-order valence-electron chi connectivity index (χ1n) is 7.64. The van der Waals surface area contributed by atoms with Crippen molar-refractivity contribution in [1.82, 2.24) is 5.32 Å². The molecular formula is C15H29NO. The summed E-state index contributed by atoms with van der Waals surface area (Å²) in [6.45, 7) is 1.24. The van der Waals surface area contributed by atoms with Crippen LogP contribution in [-0.2, 0) is 4.74 Å². The van der Waals surface area contributed by atoms with Crippen LogP contribution in [0, 0.1) is 5.92 Å². The van der Waals surface area contributed by atoms with Gasteiger partial charge in [-0.05, 0) is 44.6 Å². The highest BCUT2D eigenvalue weighted by Crippen LogP contribution is 2.26. The van der Waals surface area contributed by atoms with Gasteiger partial charge in [-0.1, -0.05) is 32.1 Å². The van der Waals surface area contributed by atoms with E-state index in [2.05, 4.69) is 5.32 Å². The average Bonchev–Trinajstić information content (AvgIpc) is 2.41. The fraction of sp³-hybridized carbons (Fsp3) is 1.00. The zero-order valence-electron chi connectivity index (χ0n) is 11.4. The highest BCUT2D eigenvalue weighted by molar-refractivity contribution is 4.78. The van der Waals surface area contributed by atoms with Gasteiger partial charge in [-0.3, -0.25) is 0 Å². The zero-order valence-corrected chi connectivity index (χ0v) is 11.4. The monoisotopic (exact) mass is 239 g/mol. The smallest absolute Gasteiger partial charge is 0.0572 e. The topological polar surface area (TPSA) is 21.3 Å². The highest BCUT2D eigenvalue weighted by atomic mass is 16.5. The van der Waals surface area contributed by atoms with Crippen LogP contribution in [0.3, 0.4) is 0 Å². The molecular weight excluding hydrogens is 210 g/mol. The molecule has 0 aromatic heterocycles. The lowest BCUT2D eigenvalue weighted by molar-refractivity contribution is 0.0623. The molecule has 0 radical (unpaired) electrons. The van der Waals surface area contributed by atoms with Crippen LogP contribution in [0.4, 0.5) is 0 Å². The van der Waals surface area contributed by atoms with Gasteiger partial charge in [-0.15, -0.1) is 0 Å². The predicted molar refractivity (Wildman–Crippen MR) is 72.2 cm³/mol. The molecule has 2 aliphatic carbocycles. The molecule has 2 nitrogen and oxygen atoms in total. The van der Waals surface area contributed by atoms with Gasteiger partial charge < -0.3 is 10.1 Å². The quantitative estimate of drug-likeness (QED) is 0.793. The molecule has 0 saturated heterocycles. The van der Waals surface area contributed by atoms with Gasteiger partial charge >= 0.3 is 0 Å². The summed E-state index contributed by atoms with van der Waals surface area (Å²) < 4.78 is 5.41. The van der Waals surface area contributed by atoms with Crippen molar-refractivity contribution >= 4 is 0 Å². The van der Waals surface area contributed by atoms with Crippen molar-refractivity contribution in [2.45, 2.75) is 76.4 Å². The number of methoxy groups -OCH3 is 1. The van der Waals surface area contributed by atoms with Gasteiger partial charge in [0, 0.05) is 13.2 Å².